The van der Waals surface area contributed by atoms with Gasteiger partial charge in [-0.05, 0) is 43.3 Å². The van der Waals surface area contributed by atoms with Crippen LogP contribution in [0.5, 0.6) is 0 Å². The summed E-state index contributed by atoms with van der Waals surface area (Å²) in [5, 5.41) is 4.91. The van der Waals surface area contributed by atoms with Gasteiger partial charge in [0.1, 0.15) is 17.3 Å². The molecule has 3 aromatic rings. The van der Waals surface area contributed by atoms with Gasteiger partial charge in [0.15, 0.2) is 5.78 Å². The predicted octanol–water partition coefficient (Wildman–Crippen LogP) is 4.07. The first-order valence-corrected chi connectivity index (χ1v) is 8.48. The maximum absolute atomic E-state index is 13.7. The Hall–Kier alpha value is -3.94. The molecule has 1 heterocycles. The number of carbonyl (C=O) groups is 3. The van der Waals surface area contributed by atoms with Crippen molar-refractivity contribution in [2.45, 2.75) is 6.92 Å². The lowest BCUT2D eigenvalue weighted by atomic mass is 10.1. The minimum Gasteiger partial charge on any atom is -0.321 e. The fraction of sp³-hybridized carbons (Fsp3) is 0.0476. The van der Waals surface area contributed by atoms with Gasteiger partial charge in [-0.3, -0.25) is 19.4 Å². The molecule has 1 aromatic heterocycles. The SMILES string of the molecule is CC(=O)c1cccc(NC(=O)c2cc(C(=O)Nc3ccc(F)cc3F)ccn2)c1. The fourth-order valence-corrected chi connectivity index (χ4v) is 2.49. The Bertz CT molecular complexity index is 1120. The molecule has 0 aliphatic heterocycles. The molecule has 0 aliphatic carbocycles. The number of aromatic nitrogens is 1. The molecule has 0 spiro atoms. The Morgan fingerprint density at radius 1 is 0.862 bits per heavy atom. The average Bonchev–Trinajstić information content (AvgIpc) is 2.70. The Labute approximate surface area is 164 Å². The van der Waals surface area contributed by atoms with Crippen LogP contribution in [0.2, 0.25) is 0 Å². The van der Waals surface area contributed by atoms with E-state index in [0.29, 0.717) is 17.3 Å². The minimum absolute atomic E-state index is 0.0505. The number of nitrogens with one attached hydrogen (secondary N) is 2. The normalized spacial score (nSPS) is 10.3. The lowest BCUT2D eigenvalue weighted by molar-refractivity contribution is 0.100. The average molecular weight is 395 g/mol. The molecule has 2 N–H and O–H groups in total. The molecule has 146 valence electrons. The van der Waals surface area contributed by atoms with Crippen LogP contribution < -0.4 is 10.6 Å². The molecule has 0 radical (unpaired) electrons. The summed E-state index contributed by atoms with van der Waals surface area (Å²) in [6, 6.07) is 11.7. The second kappa shape index (κ2) is 8.39. The van der Waals surface area contributed by atoms with Gasteiger partial charge in [-0.15, -0.1) is 0 Å². The lowest BCUT2D eigenvalue weighted by Gasteiger charge is -2.09. The van der Waals surface area contributed by atoms with Crippen molar-refractivity contribution < 1.29 is 23.2 Å². The molecule has 29 heavy (non-hydrogen) atoms. The van der Waals surface area contributed by atoms with E-state index < -0.39 is 23.4 Å². The first kappa shape index (κ1) is 19.8. The van der Waals surface area contributed by atoms with Crippen molar-refractivity contribution in [1.82, 2.24) is 4.98 Å². The van der Waals surface area contributed by atoms with Gasteiger partial charge in [-0.2, -0.15) is 0 Å². The van der Waals surface area contributed by atoms with Crippen LogP contribution in [0.25, 0.3) is 0 Å². The Morgan fingerprint density at radius 2 is 1.66 bits per heavy atom. The van der Waals surface area contributed by atoms with E-state index in [0.717, 1.165) is 12.1 Å². The van der Waals surface area contributed by atoms with E-state index in [9.17, 15) is 23.2 Å². The molecule has 0 saturated heterocycles. The number of amides is 2. The van der Waals surface area contributed by atoms with Crippen molar-refractivity contribution in [1.29, 1.82) is 0 Å². The highest BCUT2D eigenvalue weighted by atomic mass is 19.1. The zero-order chi connectivity index (χ0) is 21.0. The third-order valence-corrected chi connectivity index (χ3v) is 3.96. The Morgan fingerprint density at radius 3 is 2.38 bits per heavy atom. The number of rotatable bonds is 5. The van der Waals surface area contributed by atoms with Gasteiger partial charge in [-0.1, -0.05) is 12.1 Å². The highest BCUT2D eigenvalue weighted by Crippen LogP contribution is 2.17. The third kappa shape index (κ3) is 4.86. The summed E-state index contributed by atoms with van der Waals surface area (Å²) in [4.78, 5) is 40.1. The molecule has 0 aliphatic rings. The van der Waals surface area contributed by atoms with Gasteiger partial charge in [0.05, 0.1) is 5.69 Å². The second-order valence-corrected chi connectivity index (χ2v) is 6.10. The minimum atomic E-state index is -0.921. The molecule has 3 rings (SSSR count). The molecular formula is C21H15F2N3O3. The molecule has 0 fully saturated rings. The smallest absolute Gasteiger partial charge is 0.274 e. The van der Waals surface area contributed by atoms with Crippen molar-refractivity contribution in [3.8, 4) is 0 Å². The van der Waals surface area contributed by atoms with Crippen LogP contribution in [0.3, 0.4) is 0 Å². The number of hydrogen-bond acceptors (Lipinski definition) is 4. The first-order chi connectivity index (χ1) is 13.8. The van der Waals surface area contributed by atoms with Crippen molar-refractivity contribution in [2.75, 3.05) is 10.6 Å². The largest absolute Gasteiger partial charge is 0.321 e. The van der Waals surface area contributed by atoms with E-state index >= 15 is 0 Å². The summed E-state index contributed by atoms with van der Waals surface area (Å²) in [6.07, 6.45) is 1.26. The summed E-state index contributed by atoms with van der Waals surface area (Å²) in [6.45, 7) is 1.41. The standard InChI is InChI=1S/C21H15F2N3O3/c1-12(27)13-3-2-4-16(9-13)25-21(29)19-10-14(7-8-24-19)20(28)26-18-6-5-15(22)11-17(18)23/h2-11H,1H3,(H,25,29)(H,26,28). The summed E-state index contributed by atoms with van der Waals surface area (Å²) in [5.41, 5.74) is 0.648. The van der Waals surface area contributed by atoms with E-state index in [1.807, 2.05) is 0 Å². The molecular weight excluding hydrogens is 380 g/mol. The van der Waals surface area contributed by atoms with Crippen LogP contribution in [-0.2, 0) is 0 Å². The summed E-state index contributed by atoms with van der Waals surface area (Å²) >= 11 is 0. The summed E-state index contributed by atoms with van der Waals surface area (Å²) in [7, 11) is 0. The number of hydrogen-bond donors (Lipinski definition) is 2. The number of ketones is 1. The van der Waals surface area contributed by atoms with Crippen LogP contribution in [-0.4, -0.2) is 22.6 Å². The van der Waals surface area contributed by atoms with Gasteiger partial charge in [-0.25, -0.2) is 8.78 Å². The third-order valence-electron chi connectivity index (χ3n) is 3.96. The van der Waals surface area contributed by atoms with E-state index in [1.165, 1.54) is 31.3 Å². The van der Waals surface area contributed by atoms with Crippen molar-refractivity contribution in [2.24, 2.45) is 0 Å². The van der Waals surface area contributed by atoms with Gasteiger partial charge in [0.25, 0.3) is 11.8 Å². The van der Waals surface area contributed by atoms with Crippen molar-refractivity contribution in [3.63, 3.8) is 0 Å². The highest BCUT2D eigenvalue weighted by molar-refractivity contribution is 6.08. The Balaban J connectivity index is 1.76. The van der Waals surface area contributed by atoms with Gasteiger partial charge < -0.3 is 10.6 Å². The fourth-order valence-electron chi connectivity index (χ4n) is 2.49. The van der Waals surface area contributed by atoms with E-state index in [4.69, 9.17) is 0 Å². The quantitative estimate of drug-likeness (QED) is 0.638. The maximum Gasteiger partial charge on any atom is 0.274 e. The zero-order valence-corrected chi connectivity index (χ0v) is 15.2. The first-order valence-electron chi connectivity index (χ1n) is 8.48. The van der Waals surface area contributed by atoms with Crippen molar-refractivity contribution in [3.05, 3.63) is 89.2 Å². The molecule has 0 saturated carbocycles. The molecule has 2 amide bonds. The van der Waals surface area contributed by atoms with E-state index in [-0.39, 0.29) is 22.7 Å². The summed E-state index contributed by atoms with van der Waals surface area (Å²) < 4.78 is 26.7. The number of carbonyl (C=O) groups excluding carboxylic acids is 3. The summed E-state index contributed by atoms with van der Waals surface area (Å²) in [5.74, 6) is -3.11. The number of halogens is 2. The van der Waals surface area contributed by atoms with E-state index in [1.54, 1.807) is 18.2 Å². The predicted molar refractivity (Wildman–Crippen MR) is 103 cm³/mol. The van der Waals surface area contributed by atoms with Gasteiger partial charge >= 0.3 is 0 Å². The second-order valence-electron chi connectivity index (χ2n) is 6.10. The number of anilines is 2. The molecule has 0 atom stereocenters. The highest BCUT2D eigenvalue weighted by Gasteiger charge is 2.14. The van der Waals surface area contributed by atoms with Crippen LogP contribution >= 0.6 is 0 Å². The number of nitrogens with zero attached hydrogens (tertiary/aromatic N) is 1. The molecule has 8 heteroatoms. The molecule has 6 nitrogen and oxygen atoms in total. The van der Waals surface area contributed by atoms with Crippen LogP contribution in [0.15, 0.2) is 60.8 Å². The van der Waals surface area contributed by atoms with Crippen LogP contribution in [0, 0.1) is 11.6 Å². The number of benzene rings is 2. The van der Waals surface area contributed by atoms with Gasteiger partial charge in [0, 0.05) is 29.1 Å². The van der Waals surface area contributed by atoms with E-state index in [2.05, 4.69) is 15.6 Å². The topological polar surface area (TPSA) is 88.2 Å². The number of pyridine rings is 1. The van der Waals surface area contributed by atoms with Gasteiger partial charge in [0.2, 0.25) is 0 Å². The van der Waals surface area contributed by atoms with Crippen LogP contribution in [0.1, 0.15) is 38.1 Å². The molecule has 2 aromatic carbocycles. The lowest BCUT2D eigenvalue weighted by Crippen LogP contribution is -2.17. The monoisotopic (exact) mass is 395 g/mol. The van der Waals surface area contributed by atoms with Crippen LogP contribution in [0.4, 0.5) is 20.2 Å². The van der Waals surface area contributed by atoms with Crippen molar-refractivity contribution >= 4 is 29.0 Å². The Kier molecular flexibility index (Phi) is 5.73. The number of Topliss-reactive ketones (excluding diaryl/α,β-unsaturated/α-hetero) is 1. The molecule has 0 bridgehead atoms. The maximum atomic E-state index is 13.7. The zero-order valence-electron chi connectivity index (χ0n) is 15.2. The molecule has 0 unspecified atom stereocenters.